The summed E-state index contributed by atoms with van der Waals surface area (Å²) >= 11 is 4.05. The zero-order valence-electron chi connectivity index (χ0n) is 21.9. The minimum absolute atomic E-state index is 0.0223. The van der Waals surface area contributed by atoms with Gasteiger partial charge in [-0.05, 0) is 47.5 Å². The minimum atomic E-state index is -3.12. The Morgan fingerprint density at radius 2 is 1.18 bits per heavy atom. The first-order valence-corrected chi connectivity index (χ1v) is 17.7. The van der Waals surface area contributed by atoms with Crippen LogP contribution in [0.2, 0.25) is 0 Å². The molecule has 2 aliphatic heterocycles. The van der Waals surface area contributed by atoms with Gasteiger partial charge in [-0.15, -0.1) is 23.5 Å². The molecule has 0 amide bonds. The van der Waals surface area contributed by atoms with Crippen molar-refractivity contribution in [1.82, 2.24) is 14.4 Å². The van der Waals surface area contributed by atoms with Crippen LogP contribution in [0.25, 0.3) is 0 Å². The van der Waals surface area contributed by atoms with Gasteiger partial charge in [-0.2, -0.15) is 0 Å². The lowest BCUT2D eigenvalue weighted by molar-refractivity contribution is 0.197. The highest BCUT2D eigenvalue weighted by atomic mass is 32.2. The highest BCUT2D eigenvalue weighted by Crippen LogP contribution is 2.64. The van der Waals surface area contributed by atoms with Gasteiger partial charge in [-0.1, -0.05) is 104 Å². The van der Waals surface area contributed by atoms with Crippen molar-refractivity contribution in [2.45, 2.75) is 67.9 Å². The number of hydrogen-bond acceptors (Lipinski definition) is 3. The van der Waals surface area contributed by atoms with Gasteiger partial charge in [0, 0.05) is 25.2 Å². The summed E-state index contributed by atoms with van der Waals surface area (Å²) in [5, 5.41) is 3.94. The zero-order chi connectivity index (χ0) is 25.8. The predicted octanol–water partition coefficient (Wildman–Crippen LogP) is 7.95. The number of rotatable bonds is 8. The lowest BCUT2D eigenvalue weighted by atomic mass is 9.90. The molecule has 3 aromatic carbocycles. The van der Waals surface area contributed by atoms with E-state index in [0.717, 1.165) is 12.8 Å². The van der Waals surface area contributed by atoms with Gasteiger partial charge < -0.3 is 0 Å². The van der Waals surface area contributed by atoms with Crippen LogP contribution in [0, 0.1) is 0 Å². The molecule has 1 aliphatic carbocycles. The van der Waals surface area contributed by atoms with Crippen molar-refractivity contribution in [1.29, 1.82) is 0 Å². The van der Waals surface area contributed by atoms with E-state index in [0.29, 0.717) is 29.8 Å². The fourth-order valence-corrected chi connectivity index (χ4v) is 12.9. The first-order valence-electron chi connectivity index (χ1n) is 14.0. The van der Waals surface area contributed by atoms with Crippen LogP contribution in [-0.4, -0.2) is 37.5 Å². The summed E-state index contributed by atoms with van der Waals surface area (Å²) in [6.07, 6.45) is 5.88. The van der Waals surface area contributed by atoms with E-state index in [9.17, 15) is 0 Å². The van der Waals surface area contributed by atoms with Crippen LogP contribution < -0.4 is 5.09 Å². The molecular weight excluding hydrogens is 525 g/mol. The topological polar surface area (TPSA) is 35.6 Å². The molecule has 0 radical (unpaired) electrons. The van der Waals surface area contributed by atoms with E-state index in [-0.39, 0.29) is 6.04 Å². The summed E-state index contributed by atoms with van der Waals surface area (Å²) in [6, 6.07) is 32.7. The first kappa shape index (κ1) is 26.7. The number of nitrogens with one attached hydrogen (secondary N) is 1. The van der Waals surface area contributed by atoms with E-state index in [2.05, 4.69) is 105 Å². The van der Waals surface area contributed by atoms with Crippen molar-refractivity contribution in [3.05, 3.63) is 108 Å². The summed E-state index contributed by atoms with van der Waals surface area (Å²) in [7, 11) is -3.12. The number of benzene rings is 3. The Labute approximate surface area is 236 Å². The van der Waals surface area contributed by atoms with Crippen molar-refractivity contribution >= 4 is 31.1 Å². The van der Waals surface area contributed by atoms with Gasteiger partial charge in [-0.25, -0.2) is 14.4 Å². The molecule has 3 atom stereocenters. The second-order valence-corrected chi connectivity index (χ2v) is 15.8. The highest BCUT2D eigenvalue weighted by molar-refractivity contribution is 8.17. The Bertz CT molecular complexity index is 1150. The van der Waals surface area contributed by atoms with Crippen LogP contribution in [0.4, 0.5) is 0 Å². The molecule has 3 aromatic rings. The van der Waals surface area contributed by atoms with E-state index < -0.39 is 7.59 Å². The maximum absolute atomic E-state index is 15.8. The second-order valence-electron chi connectivity index (χ2n) is 10.6. The third kappa shape index (κ3) is 5.68. The molecule has 3 aliphatic rings. The molecule has 0 aromatic heterocycles. The summed E-state index contributed by atoms with van der Waals surface area (Å²) in [6.45, 7) is 1.42. The summed E-state index contributed by atoms with van der Waals surface area (Å²) in [5.41, 5.74) is 3.71. The van der Waals surface area contributed by atoms with Gasteiger partial charge in [0.25, 0.3) is 7.59 Å². The first-order chi connectivity index (χ1) is 18.7. The molecule has 4 nitrogen and oxygen atoms in total. The number of thioether (sulfide) groups is 2. The molecule has 6 rings (SSSR count). The van der Waals surface area contributed by atoms with Crippen molar-refractivity contribution in [2.75, 3.05) is 11.5 Å². The number of hydrogen-bond donors (Lipinski definition) is 1. The molecule has 3 fully saturated rings. The Morgan fingerprint density at radius 3 is 1.68 bits per heavy atom. The van der Waals surface area contributed by atoms with Crippen LogP contribution in [-0.2, 0) is 17.7 Å². The summed E-state index contributed by atoms with van der Waals surface area (Å²) in [5.74, 6) is 2.33. The van der Waals surface area contributed by atoms with E-state index in [4.69, 9.17) is 0 Å². The van der Waals surface area contributed by atoms with E-state index in [1.165, 1.54) is 47.5 Å². The molecule has 1 N–H and O–H groups in total. The number of fused-ring (bicyclic) bond motifs is 1. The molecule has 7 heteroatoms. The third-order valence-corrected chi connectivity index (χ3v) is 14.1. The molecule has 2 heterocycles. The maximum Gasteiger partial charge on any atom is 0.286 e. The zero-order valence-corrected chi connectivity index (χ0v) is 24.4. The average molecular weight is 564 g/mol. The predicted molar refractivity (Wildman–Crippen MR) is 163 cm³/mol. The standard InChI is InChI=1S/C31H38N3OPS2/c35-36(32-30(27-17-8-3-9-18-27)31-37-21-12-22-38-31)33(23-25-13-4-1-5-14-25)28-19-10-11-20-29(28)34(36)24-26-15-6-2-7-16-26/h1-9,13-18,28-31H,10-12,19-24H2,(H,32,35)/t28-,29-,30-/m1/s1. The summed E-state index contributed by atoms with van der Waals surface area (Å²) < 4.78 is 20.9. The van der Waals surface area contributed by atoms with Gasteiger partial charge in [-0.3, -0.25) is 4.57 Å². The van der Waals surface area contributed by atoms with Crippen LogP contribution in [0.1, 0.15) is 54.8 Å². The molecule has 2 saturated heterocycles. The van der Waals surface area contributed by atoms with Crippen LogP contribution in [0.5, 0.6) is 0 Å². The fraction of sp³-hybridized carbons (Fsp3) is 0.419. The molecule has 0 bridgehead atoms. The fourth-order valence-electron chi connectivity index (χ4n) is 6.28. The maximum atomic E-state index is 15.8. The van der Waals surface area contributed by atoms with Gasteiger partial charge in [0.1, 0.15) is 0 Å². The molecule has 1 saturated carbocycles. The van der Waals surface area contributed by atoms with Crippen molar-refractivity contribution < 1.29 is 4.57 Å². The Kier molecular flexibility index (Phi) is 8.66. The molecular formula is C31H38N3OPS2. The Hall–Kier alpha value is -1.53. The Balaban J connectivity index is 1.42. The monoisotopic (exact) mass is 563 g/mol. The highest BCUT2D eigenvalue weighted by Gasteiger charge is 2.56. The van der Waals surface area contributed by atoms with E-state index >= 15 is 4.57 Å². The lowest BCUT2D eigenvalue weighted by Crippen LogP contribution is -2.39. The largest absolute Gasteiger partial charge is 0.286 e. The van der Waals surface area contributed by atoms with E-state index in [1.807, 2.05) is 23.5 Å². The van der Waals surface area contributed by atoms with Crippen LogP contribution in [0.15, 0.2) is 91.0 Å². The lowest BCUT2D eigenvalue weighted by Gasteiger charge is -2.38. The minimum Gasteiger partial charge on any atom is -0.270 e. The van der Waals surface area contributed by atoms with Crippen molar-refractivity contribution in [3.8, 4) is 0 Å². The normalized spacial score (nSPS) is 25.2. The van der Waals surface area contributed by atoms with Crippen LogP contribution in [0.3, 0.4) is 0 Å². The van der Waals surface area contributed by atoms with E-state index in [1.54, 1.807) is 0 Å². The smallest absolute Gasteiger partial charge is 0.270 e. The SMILES string of the molecule is O=P1(N[C@H](c2ccccc2)C2SCCCS2)N(Cc2ccccc2)[C@@H]2CCCC[C@H]2N1Cc1ccccc1. The molecule has 200 valence electrons. The number of nitrogens with zero attached hydrogens (tertiary/aromatic N) is 2. The average Bonchev–Trinajstić information content (AvgIpc) is 3.21. The third-order valence-electron chi connectivity index (χ3n) is 8.12. The Morgan fingerprint density at radius 1 is 0.711 bits per heavy atom. The summed E-state index contributed by atoms with van der Waals surface area (Å²) in [4.78, 5) is 0. The van der Waals surface area contributed by atoms with Crippen LogP contribution >= 0.6 is 31.1 Å². The molecule has 0 spiro atoms. The van der Waals surface area contributed by atoms with Gasteiger partial charge in [0.2, 0.25) is 0 Å². The van der Waals surface area contributed by atoms with Gasteiger partial charge >= 0.3 is 0 Å². The van der Waals surface area contributed by atoms with Gasteiger partial charge in [0.15, 0.2) is 0 Å². The molecule has 0 unspecified atom stereocenters. The quantitative estimate of drug-likeness (QED) is 0.280. The van der Waals surface area contributed by atoms with Gasteiger partial charge in [0.05, 0.1) is 10.6 Å². The second kappa shape index (κ2) is 12.3. The van der Waals surface area contributed by atoms with Crippen molar-refractivity contribution in [3.63, 3.8) is 0 Å². The van der Waals surface area contributed by atoms with Crippen molar-refractivity contribution in [2.24, 2.45) is 0 Å². The molecule has 38 heavy (non-hydrogen) atoms.